The molecule has 0 spiro atoms. The van der Waals surface area contributed by atoms with Gasteiger partial charge < -0.3 is 34.8 Å². The number of hydrogen-bond donors (Lipinski definition) is 2. The summed E-state index contributed by atoms with van der Waals surface area (Å²) < 4.78 is 12.0. The van der Waals surface area contributed by atoms with Crippen molar-refractivity contribution in [1.29, 1.82) is 0 Å². The summed E-state index contributed by atoms with van der Waals surface area (Å²) in [4.78, 5) is 113. The number of hydrogen-bond acceptors (Lipinski definition) is 11. The first kappa shape index (κ1) is 59.8. The normalized spacial score (nSPS) is 17.5. The quantitative estimate of drug-likeness (QED) is 0.0792. The molecular formula is C56H83N7O10. The Morgan fingerprint density at radius 3 is 2.05 bits per heavy atom. The number of imide groups is 1. The molecule has 8 atom stereocenters. The highest BCUT2D eigenvalue weighted by Crippen LogP contribution is 2.30. The van der Waals surface area contributed by atoms with Crippen molar-refractivity contribution < 1.29 is 47.8 Å². The van der Waals surface area contributed by atoms with Crippen LogP contribution in [0.4, 0.5) is 5.69 Å². The molecule has 0 bridgehead atoms. The Morgan fingerprint density at radius 1 is 0.808 bits per heavy atom. The van der Waals surface area contributed by atoms with Gasteiger partial charge in [-0.25, -0.2) is 0 Å². The second-order valence-corrected chi connectivity index (χ2v) is 20.2. The van der Waals surface area contributed by atoms with Gasteiger partial charge in [0.15, 0.2) is 5.78 Å². The van der Waals surface area contributed by atoms with Crippen molar-refractivity contribution in [1.82, 2.24) is 30.2 Å². The number of Topliss-reactive ketones (excluding diaryl/α,β-unsaturated/α-hetero) is 1. The number of carbonyl (C=O) groups is 8. The molecule has 2 N–H and O–H groups in total. The molecular weight excluding hydrogens is 931 g/mol. The number of ketones is 1. The summed E-state index contributed by atoms with van der Waals surface area (Å²) in [6.07, 6.45) is 6.63. The molecule has 0 saturated carbocycles. The van der Waals surface area contributed by atoms with E-state index in [-0.39, 0.29) is 71.9 Å². The van der Waals surface area contributed by atoms with E-state index in [1.165, 1.54) is 38.2 Å². The lowest BCUT2D eigenvalue weighted by molar-refractivity contribution is -0.146. The SMILES string of the molecule is CC[C@H](C)C([C@@H](CC(=O)N1CCC[C@H]1[C@H](OC)[C@@H](C)C(=O)N[C@@H](Cc1ccccc1)C(C)=O)OC)N(C)C(=O)CNC(=O)C(C(C)C)N(C)CCc1ccc(N(C)C(=O)CCCCCN2C(=O)C=CC2=O)cc1. The minimum atomic E-state index is -0.706. The van der Waals surface area contributed by atoms with Crippen LogP contribution in [0.3, 0.4) is 0 Å². The Labute approximate surface area is 433 Å². The number of benzene rings is 2. The van der Waals surface area contributed by atoms with Crippen LogP contribution in [0.5, 0.6) is 0 Å². The average molecular weight is 1010 g/mol. The van der Waals surface area contributed by atoms with E-state index < -0.39 is 42.3 Å². The zero-order chi connectivity index (χ0) is 53.9. The highest BCUT2D eigenvalue weighted by atomic mass is 16.5. The van der Waals surface area contributed by atoms with Crippen molar-refractivity contribution in [3.8, 4) is 0 Å². The van der Waals surface area contributed by atoms with Crippen LogP contribution in [-0.4, -0.2) is 165 Å². The fourth-order valence-corrected chi connectivity index (χ4v) is 10.2. The van der Waals surface area contributed by atoms with Crippen LogP contribution in [0.2, 0.25) is 0 Å². The van der Waals surface area contributed by atoms with Gasteiger partial charge in [-0.2, -0.15) is 0 Å². The van der Waals surface area contributed by atoms with E-state index in [1.807, 2.05) is 94.2 Å². The number of anilines is 1. The van der Waals surface area contributed by atoms with Gasteiger partial charge in [-0.05, 0) is 87.6 Å². The van der Waals surface area contributed by atoms with Crippen LogP contribution in [0, 0.1) is 17.8 Å². The Hall–Kier alpha value is -5.78. The summed E-state index contributed by atoms with van der Waals surface area (Å²) in [5, 5.41) is 5.83. The van der Waals surface area contributed by atoms with Crippen LogP contribution < -0.4 is 15.5 Å². The Kier molecular flexibility index (Phi) is 23.9. The van der Waals surface area contributed by atoms with Gasteiger partial charge in [0.05, 0.1) is 55.3 Å². The van der Waals surface area contributed by atoms with Crippen molar-refractivity contribution in [2.75, 3.05) is 66.4 Å². The van der Waals surface area contributed by atoms with E-state index in [0.717, 1.165) is 23.2 Å². The number of nitrogens with zero attached hydrogens (tertiary/aromatic N) is 5. The molecule has 2 aromatic rings. The predicted molar refractivity (Wildman–Crippen MR) is 281 cm³/mol. The third-order valence-corrected chi connectivity index (χ3v) is 14.8. The first-order chi connectivity index (χ1) is 34.7. The lowest BCUT2D eigenvalue weighted by atomic mass is 9.90. The number of methoxy groups -OCH3 is 2. The van der Waals surface area contributed by atoms with Gasteiger partial charge in [0.2, 0.25) is 29.5 Å². The molecule has 17 nitrogen and oxygen atoms in total. The van der Waals surface area contributed by atoms with Crippen molar-refractivity contribution >= 4 is 52.8 Å². The molecule has 4 rings (SSSR count). The standard InChI is InChI=1S/C56H83N7O10/c1-12-38(4)53(46(72-10)35-50(68)62-32-19-22-45(62)54(73-11)39(5)55(70)58-44(40(6)64)34-42-20-15-13-16-21-42)61(9)51(69)36-57-56(71)52(37(2)3)59(7)33-30-41-24-26-43(27-25-41)60(8)47(65)23-17-14-18-31-63-48(66)28-29-49(63)67/h13,15-16,20-21,24-29,37-39,44-46,52-54H,12,14,17-19,22-23,30-36H2,1-11H3,(H,57,71)(H,58,70)/t38-,39+,44-,45-,46+,52?,53?,54+/m0/s1. The van der Waals surface area contributed by atoms with Gasteiger partial charge in [-0.3, -0.25) is 48.2 Å². The average Bonchev–Trinajstić information content (AvgIpc) is 3.99. The molecule has 402 valence electrons. The number of likely N-dealkylation sites (N-methyl/N-ethyl adjacent to an activating group) is 2. The summed E-state index contributed by atoms with van der Waals surface area (Å²) in [5.74, 6) is -2.67. The van der Waals surface area contributed by atoms with Gasteiger partial charge in [0, 0.05) is 72.2 Å². The van der Waals surface area contributed by atoms with Gasteiger partial charge >= 0.3 is 0 Å². The van der Waals surface area contributed by atoms with Crippen molar-refractivity contribution in [2.24, 2.45) is 17.8 Å². The van der Waals surface area contributed by atoms with E-state index in [0.29, 0.717) is 71.0 Å². The number of unbranched alkanes of at least 4 members (excludes halogenated alkanes) is 2. The number of nitrogens with one attached hydrogen (secondary N) is 2. The molecule has 2 aromatic carbocycles. The summed E-state index contributed by atoms with van der Waals surface area (Å²) in [5.41, 5.74) is 2.73. The topological polar surface area (TPSA) is 195 Å². The molecule has 7 amide bonds. The maximum atomic E-state index is 14.3. The third-order valence-electron chi connectivity index (χ3n) is 14.8. The number of amides is 7. The Bertz CT molecular complexity index is 2190. The second-order valence-electron chi connectivity index (χ2n) is 20.2. The fraction of sp³-hybridized carbons (Fsp3) is 0.607. The van der Waals surface area contributed by atoms with Crippen LogP contribution in [0.25, 0.3) is 0 Å². The second kappa shape index (κ2) is 29.2. The predicted octanol–water partition coefficient (Wildman–Crippen LogP) is 4.99. The summed E-state index contributed by atoms with van der Waals surface area (Å²) in [6.45, 7) is 12.3. The largest absolute Gasteiger partial charge is 0.379 e. The number of rotatable bonds is 30. The molecule has 2 aliphatic heterocycles. The maximum Gasteiger partial charge on any atom is 0.253 e. The van der Waals surface area contributed by atoms with Crippen LogP contribution in [-0.2, 0) is 60.7 Å². The summed E-state index contributed by atoms with van der Waals surface area (Å²) in [6, 6.07) is 15.1. The molecule has 73 heavy (non-hydrogen) atoms. The van der Waals surface area contributed by atoms with Gasteiger partial charge in [-0.15, -0.1) is 0 Å². The monoisotopic (exact) mass is 1010 g/mol. The van der Waals surface area contributed by atoms with Crippen molar-refractivity contribution in [3.63, 3.8) is 0 Å². The molecule has 1 fully saturated rings. The van der Waals surface area contributed by atoms with E-state index in [1.54, 1.807) is 35.7 Å². The highest BCUT2D eigenvalue weighted by Gasteiger charge is 2.42. The van der Waals surface area contributed by atoms with E-state index >= 15 is 0 Å². The van der Waals surface area contributed by atoms with Gasteiger partial charge in [0.25, 0.3) is 11.8 Å². The molecule has 17 heteroatoms. The molecule has 0 aliphatic carbocycles. The summed E-state index contributed by atoms with van der Waals surface area (Å²) >= 11 is 0. The smallest absolute Gasteiger partial charge is 0.253 e. The Morgan fingerprint density at radius 2 is 1.47 bits per heavy atom. The van der Waals surface area contributed by atoms with Crippen molar-refractivity contribution in [2.45, 2.75) is 142 Å². The first-order valence-electron chi connectivity index (χ1n) is 26.1. The van der Waals surface area contributed by atoms with Gasteiger partial charge in [0.1, 0.15) is 0 Å². The van der Waals surface area contributed by atoms with Crippen LogP contribution in [0.15, 0.2) is 66.7 Å². The number of carbonyl (C=O) groups excluding carboxylic acids is 8. The summed E-state index contributed by atoms with van der Waals surface area (Å²) in [7, 11) is 8.39. The zero-order valence-electron chi connectivity index (χ0n) is 45.3. The zero-order valence-corrected chi connectivity index (χ0v) is 45.3. The molecule has 1 saturated heterocycles. The number of likely N-dealkylation sites (tertiary alicyclic amines) is 1. The maximum absolute atomic E-state index is 14.3. The minimum absolute atomic E-state index is 0.0149. The first-order valence-corrected chi connectivity index (χ1v) is 26.1. The van der Waals surface area contributed by atoms with Gasteiger partial charge in [-0.1, -0.05) is 89.9 Å². The minimum Gasteiger partial charge on any atom is -0.379 e. The molecule has 2 unspecified atom stereocenters. The lowest BCUT2D eigenvalue weighted by Crippen LogP contribution is -2.55. The molecule has 0 radical (unpaired) electrons. The highest BCUT2D eigenvalue weighted by molar-refractivity contribution is 6.12. The Balaban J connectivity index is 1.29. The fourth-order valence-electron chi connectivity index (χ4n) is 10.2. The number of ether oxygens (including phenoxy) is 2. The lowest BCUT2D eigenvalue weighted by Gasteiger charge is -2.39. The molecule has 2 aliphatic rings. The molecule has 2 heterocycles. The van der Waals surface area contributed by atoms with Crippen LogP contribution in [0.1, 0.15) is 104 Å². The third kappa shape index (κ3) is 16.9. The van der Waals surface area contributed by atoms with E-state index in [9.17, 15) is 38.4 Å². The van der Waals surface area contributed by atoms with E-state index in [2.05, 4.69) is 10.6 Å². The van der Waals surface area contributed by atoms with Crippen LogP contribution >= 0.6 is 0 Å². The van der Waals surface area contributed by atoms with Crippen molar-refractivity contribution in [3.05, 3.63) is 77.9 Å². The van der Waals surface area contributed by atoms with E-state index in [4.69, 9.17) is 9.47 Å². The molecule has 0 aromatic heterocycles.